The van der Waals surface area contributed by atoms with E-state index in [1.807, 2.05) is 42.8 Å². The maximum Gasteiger partial charge on any atom is 0.230 e. The van der Waals surface area contributed by atoms with Crippen LogP contribution < -0.4 is 5.32 Å². The van der Waals surface area contributed by atoms with E-state index in [2.05, 4.69) is 29.4 Å². The third-order valence-corrected chi connectivity index (χ3v) is 4.89. The molecule has 2 heterocycles. The van der Waals surface area contributed by atoms with Crippen LogP contribution in [0.25, 0.3) is 0 Å². The van der Waals surface area contributed by atoms with Crippen LogP contribution in [-0.2, 0) is 24.3 Å². The van der Waals surface area contributed by atoms with Gasteiger partial charge in [-0.25, -0.2) is 4.68 Å². The van der Waals surface area contributed by atoms with E-state index in [9.17, 15) is 4.79 Å². The summed E-state index contributed by atoms with van der Waals surface area (Å²) >= 11 is 5.94. The minimum Gasteiger partial charge on any atom is -0.311 e. The first-order valence-electron chi connectivity index (χ1n) is 9.42. The summed E-state index contributed by atoms with van der Waals surface area (Å²) in [6.07, 6.45) is 1.98. The molecule has 0 saturated carbocycles. The van der Waals surface area contributed by atoms with Gasteiger partial charge in [0, 0.05) is 28.9 Å². The highest BCUT2D eigenvalue weighted by molar-refractivity contribution is 6.30. The van der Waals surface area contributed by atoms with Gasteiger partial charge in [-0.3, -0.25) is 9.48 Å². The Bertz CT molecular complexity index is 956. The average molecular weight is 400 g/mol. The number of hydrogen-bond acceptors (Lipinski definition) is 3. The number of aryl methyl sites for hydroxylation is 1. The summed E-state index contributed by atoms with van der Waals surface area (Å²) in [5, 5.41) is 12.6. The monoisotopic (exact) mass is 399 g/mol. The van der Waals surface area contributed by atoms with E-state index in [1.165, 1.54) is 0 Å². The van der Waals surface area contributed by atoms with Gasteiger partial charge < -0.3 is 5.32 Å². The number of aromatic nitrogens is 4. The number of anilines is 1. The molecule has 148 valence electrons. The van der Waals surface area contributed by atoms with Gasteiger partial charge in [0.2, 0.25) is 5.91 Å². The molecule has 0 aliphatic heterocycles. The van der Waals surface area contributed by atoms with Crippen LogP contribution in [0.3, 0.4) is 0 Å². The van der Waals surface area contributed by atoms with Gasteiger partial charge in [0.05, 0.1) is 24.9 Å². The molecule has 0 radical (unpaired) electrons. The van der Waals surface area contributed by atoms with E-state index in [1.54, 1.807) is 16.9 Å². The standard InChI is InChI=1S/C21H26ClN5O/c1-14(2)12-26-16(4)19(15(3)25-26)11-21(28)24-20-9-10-23-27(20)13-17-5-7-18(22)8-6-17/h5-10,14H,11-13H2,1-4H3,(H,24,28). The van der Waals surface area contributed by atoms with Crippen molar-refractivity contribution in [2.45, 2.75) is 47.2 Å². The molecule has 0 unspecified atom stereocenters. The Balaban J connectivity index is 1.69. The van der Waals surface area contributed by atoms with E-state index in [0.717, 1.165) is 29.1 Å². The van der Waals surface area contributed by atoms with E-state index in [-0.39, 0.29) is 5.91 Å². The van der Waals surface area contributed by atoms with Crippen LogP contribution in [0.2, 0.25) is 5.02 Å². The molecule has 0 saturated heterocycles. The van der Waals surface area contributed by atoms with Gasteiger partial charge in [-0.05, 0) is 37.5 Å². The molecule has 3 rings (SSSR count). The van der Waals surface area contributed by atoms with Crippen molar-refractivity contribution in [3.8, 4) is 0 Å². The van der Waals surface area contributed by atoms with Crippen LogP contribution in [0.1, 0.15) is 36.4 Å². The lowest BCUT2D eigenvalue weighted by molar-refractivity contribution is -0.115. The van der Waals surface area contributed by atoms with Gasteiger partial charge in [0.15, 0.2) is 0 Å². The Labute approximate surface area is 170 Å². The Morgan fingerprint density at radius 2 is 1.86 bits per heavy atom. The Kier molecular flexibility index (Phi) is 6.19. The molecule has 0 aliphatic rings. The number of carbonyl (C=O) groups excluding carboxylic acids is 1. The Morgan fingerprint density at radius 3 is 2.54 bits per heavy atom. The van der Waals surface area contributed by atoms with Crippen LogP contribution in [0.5, 0.6) is 0 Å². The number of carbonyl (C=O) groups is 1. The zero-order valence-corrected chi connectivity index (χ0v) is 17.5. The van der Waals surface area contributed by atoms with Crippen molar-refractivity contribution >= 4 is 23.3 Å². The Hall–Kier alpha value is -2.60. The number of halogens is 1. The molecule has 0 aliphatic carbocycles. The summed E-state index contributed by atoms with van der Waals surface area (Å²) in [6, 6.07) is 9.39. The molecule has 1 aromatic carbocycles. The topological polar surface area (TPSA) is 64.7 Å². The van der Waals surface area contributed by atoms with Crippen molar-refractivity contribution in [2.75, 3.05) is 5.32 Å². The highest BCUT2D eigenvalue weighted by atomic mass is 35.5. The van der Waals surface area contributed by atoms with E-state index < -0.39 is 0 Å². The number of amides is 1. The first kappa shape index (κ1) is 20.1. The summed E-state index contributed by atoms with van der Waals surface area (Å²) in [7, 11) is 0. The third kappa shape index (κ3) is 4.81. The number of benzene rings is 1. The molecule has 7 heteroatoms. The van der Waals surface area contributed by atoms with Crippen LogP contribution >= 0.6 is 11.6 Å². The molecule has 28 heavy (non-hydrogen) atoms. The highest BCUT2D eigenvalue weighted by Crippen LogP contribution is 2.17. The lowest BCUT2D eigenvalue weighted by Crippen LogP contribution is -2.18. The minimum atomic E-state index is -0.0758. The zero-order chi connectivity index (χ0) is 20.3. The number of nitrogens with zero attached hydrogens (tertiary/aromatic N) is 4. The first-order chi connectivity index (χ1) is 13.3. The van der Waals surface area contributed by atoms with Gasteiger partial charge in [-0.2, -0.15) is 10.2 Å². The molecule has 0 spiro atoms. The Morgan fingerprint density at radius 1 is 1.14 bits per heavy atom. The lowest BCUT2D eigenvalue weighted by Gasteiger charge is -2.10. The zero-order valence-electron chi connectivity index (χ0n) is 16.7. The molecule has 3 aromatic rings. The largest absolute Gasteiger partial charge is 0.311 e. The van der Waals surface area contributed by atoms with Gasteiger partial charge in [-0.1, -0.05) is 37.6 Å². The summed E-state index contributed by atoms with van der Waals surface area (Å²) < 4.78 is 3.76. The highest BCUT2D eigenvalue weighted by Gasteiger charge is 2.16. The van der Waals surface area contributed by atoms with Crippen molar-refractivity contribution in [2.24, 2.45) is 5.92 Å². The fraction of sp³-hybridized carbons (Fsp3) is 0.381. The fourth-order valence-electron chi connectivity index (χ4n) is 3.19. The molecule has 0 atom stereocenters. The molecule has 0 fully saturated rings. The first-order valence-corrected chi connectivity index (χ1v) is 9.80. The second-order valence-corrected chi connectivity index (χ2v) is 7.89. The number of rotatable bonds is 7. The summed E-state index contributed by atoms with van der Waals surface area (Å²) in [5.41, 5.74) is 4.01. The maximum absolute atomic E-state index is 12.7. The van der Waals surface area contributed by atoms with Crippen molar-refractivity contribution in [1.29, 1.82) is 0 Å². The van der Waals surface area contributed by atoms with Crippen LogP contribution in [0, 0.1) is 19.8 Å². The summed E-state index contributed by atoms with van der Waals surface area (Å²) in [4.78, 5) is 12.7. The number of hydrogen-bond donors (Lipinski definition) is 1. The van der Waals surface area contributed by atoms with Gasteiger partial charge >= 0.3 is 0 Å². The van der Waals surface area contributed by atoms with Crippen molar-refractivity contribution in [3.63, 3.8) is 0 Å². The van der Waals surface area contributed by atoms with E-state index in [4.69, 9.17) is 11.6 Å². The predicted octanol–water partition coefficient (Wildman–Crippen LogP) is 4.24. The predicted molar refractivity (Wildman–Crippen MR) is 112 cm³/mol. The lowest BCUT2D eigenvalue weighted by atomic mass is 10.1. The molecule has 1 N–H and O–H groups in total. The van der Waals surface area contributed by atoms with Gasteiger partial charge in [0.1, 0.15) is 5.82 Å². The molecule has 2 aromatic heterocycles. The SMILES string of the molecule is Cc1nn(CC(C)C)c(C)c1CC(=O)Nc1ccnn1Cc1ccc(Cl)cc1. The van der Waals surface area contributed by atoms with Crippen molar-refractivity contribution in [3.05, 3.63) is 64.1 Å². The quantitative estimate of drug-likeness (QED) is 0.646. The third-order valence-electron chi connectivity index (χ3n) is 4.64. The molecule has 1 amide bonds. The summed E-state index contributed by atoms with van der Waals surface area (Å²) in [6.45, 7) is 9.70. The minimum absolute atomic E-state index is 0.0758. The molecule has 0 bridgehead atoms. The molecule has 6 nitrogen and oxygen atoms in total. The normalized spacial score (nSPS) is 11.2. The average Bonchev–Trinajstić information content (AvgIpc) is 3.16. The van der Waals surface area contributed by atoms with Crippen molar-refractivity contribution < 1.29 is 4.79 Å². The molecular weight excluding hydrogens is 374 g/mol. The smallest absolute Gasteiger partial charge is 0.230 e. The summed E-state index contributed by atoms with van der Waals surface area (Å²) in [5.74, 6) is 1.10. The molecular formula is C21H26ClN5O. The van der Waals surface area contributed by atoms with Crippen molar-refractivity contribution in [1.82, 2.24) is 19.6 Å². The maximum atomic E-state index is 12.7. The second kappa shape index (κ2) is 8.61. The van der Waals surface area contributed by atoms with Crippen LogP contribution in [0.4, 0.5) is 5.82 Å². The van der Waals surface area contributed by atoms with E-state index in [0.29, 0.717) is 29.7 Å². The van der Waals surface area contributed by atoms with E-state index >= 15 is 0 Å². The van der Waals surface area contributed by atoms with Gasteiger partial charge in [0.25, 0.3) is 0 Å². The van der Waals surface area contributed by atoms with Gasteiger partial charge in [-0.15, -0.1) is 0 Å². The van der Waals surface area contributed by atoms with Crippen LogP contribution in [0.15, 0.2) is 36.5 Å². The second-order valence-electron chi connectivity index (χ2n) is 7.45. The fourth-order valence-corrected chi connectivity index (χ4v) is 3.31. The van der Waals surface area contributed by atoms with Crippen LogP contribution in [-0.4, -0.2) is 25.5 Å². The number of nitrogens with one attached hydrogen (secondary N) is 1.